The fourth-order valence-corrected chi connectivity index (χ4v) is 11.6. The zero-order valence-corrected chi connectivity index (χ0v) is 51.6. The van der Waals surface area contributed by atoms with Gasteiger partial charge in [0.2, 0.25) is 5.91 Å². The summed E-state index contributed by atoms with van der Waals surface area (Å²) in [6.45, 7) is 23.1. The summed E-state index contributed by atoms with van der Waals surface area (Å²) in [5, 5.41) is 60.5. The third kappa shape index (κ3) is 12.2. The summed E-state index contributed by atoms with van der Waals surface area (Å²) >= 11 is 13.0. The van der Waals surface area contributed by atoms with E-state index < -0.39 is 0 Å². The molecule has 0 radical (unpaired) electrons. The molecule has 87 heavy (non-hydrogen) atoms. The third-order valence-corrected chi connectivity index (χ3v) is 15.6. The number of nitriles is 3. The molecule has 19 heteroatoms. The van der Waals surface area contributed by atoms with E-state index in [1.54, 1.807) is 30.7 Å². The Balaban J connectivity index is 0.000000208. The van der Waals surface area contributed by atoms with Gasteiger partial charge in [0.25, 0.3) is 0 Å². The summed E-state index contributed by atoms with van der Waals surface area (Å²) in [6, 6.07) is 49.0. The smallest absolute Gasteiger partial charge is 0.338 e. The first-order valence-corrected chi connectivity index (χ1v) is 28.9. The van der Waals surface area contributed by atoms with Crippen LogP contribution < -0.4 is 15.1 Å². The number of benzene rings is 7. The van der Waals surface area contributed by atoms with Crippen LogP contribution in [0.15, 0.2) is 154 Å². The molecule has 0 aliphatic carbocycles. The van der Waals surface area contributed by atoms with Gasteiger partial charge in [0.1, 0.15) is 40.3 Å². The van der Waals surface area contributed by atoms with Gasteiger partial charge >= 0.3 is 5.97 Å². The Bertz CT molecular complexity index is 4320. The van der Waals surface area contributed by atoms with Gasteiger partial charge in [-0.3, -0.25) is 4.79 Å². The number of fused-ring (bicyclic) bond motifs is 2. The van der Waals surface area contributed by atoms with Crippen LogP contribution in [-0.4, -0.2) is 51.1 Å². The van der Waals surface area contributed by atoms with E-state index in [0.717, 1.165) is 69.3 Å². The number of carbonyl (C=O) groups is 2. The number of nitrogens with zero attached hydrogens (tertiary/aromatic N) is 13. The van der Waals surface area contributed by atoms with Crippen LogP contribution >= 0.6 is 23.2 Å². The molecule has 0 atom stereocenters. The molecule has 1 aliphatic rings. The minimum Gasteiger partial charge on any atom is -0.462 e. The number of amides is 1. The van der Waals surface area contributed by atoms with Gasteiger partial charge in [-0.1, -0.05) is 104 Å². The van der Waals surface area contributed by atoms with Crippen molar-refractivity contribution in [2.75, 3.05) is 34.8 Å². The van der Waals surface area contributed by atoms with Crippen LogP contribution in [0.1, 0.15) is 108 Å². The summed E-state index contributed by atoms with van der Waals surface area (Å²) in [7, 11) is 0. The quantitative estimate of drug-likeness (QED) is 0.0802. The van der Waals surface area contributed by atoms with E-state index >= 15 is 0 Å². The molecule has 1 aliphatic heterocycles. The highest BCUT2D eigenvalue weighted by Crippen LogP contribution is 2.52. The number of carbonyl (C=O) groups excluding carboxylic acids is 2. The predicted octanol–water partition coefficient (Wildman–Crippen LogP) is 17.8. The van der Waals surface area contributed by atoms with Gasteiger partial charge in [-0.15, -0.1) is 20.5 Å². The molecule has 2 aromatic heterocycles. The fraction of sp³-hybridized carbons (Fsp3) is 0.221. The maximum absolute atomic E-state index is 12.5. The van der Waals surface area contributed by atoms with E-state index in [9.17, 15) is 25.4 Å². The van der Waals surface area contributed by atoms with E-state index in [1.165, 1.54) is 34.9 Å². The Morgan fingerprint density at radius 1 is 0.644 bits per heavy atom. The lowest BCUT2D eigenvalue weighted by molar-refractivity contribution is -0.114. The van der Waals surface area contributed by atoms with Crippen molar-refractivity contribution in [1.82, 2.24) is 19.6 Å². The van der Waals surface area contributed by atoms with E-state index in [-0.39, 0.29) is 56.6 Å². The highest BCUT2D eigenvalue weighted by atomic mass is 35.5. The van der Waals surface area contributed by atoms with Crippen molar-refractivity contribution >= 4 is 86.5 Å². The maximum atomic E-state index is 12.5. The topological polar surface area (TPSA) is 218 Å². The first-order valence-electron chi connectivity index (χ1n) is 28.2. The van der Waals surface area contributed by atoms with Crippen molar-refractivity contribution in [2.24, 2.45) is 20.5 Å². The molecule has 9 aromatic rings. The van der Waals surface area contributed by atoms with E-state index in [4.69, 9.17) is 33.0 Å². The Morgan fingerprint density at radius 3 is 1.87 bits per heavy atom. The second-order valence-electron chi connectivity index (χ2n) is 21.2. The number of aryl methyl sites for hydroxylation is 5. The highest BCUT2D eigenvalue weighted by molar-refractivity contribution is 6.38. The number of ether oxygens (including phenoxy) is 1. The molecule has 0 saturated carbocycles. The van der Waals surface area contributed by atoms with Crippen LogP contribution in [0.4, 0.5) is 51.4 Å². The van der Waals surface area contributed by atoms with E-state index in [1.807, 2.05) is 106 Å². The van der Waals surface area contributed by atoms with Crippen molar-refractivity contribution in [3.05, 3.63) is 205 Å². The van der Waals surface area contributed by atoms with Crippen molar-refractivity contribution in [3.8, 4) is 40.8 Å². The average Bonchev–Trinajstić information content (AvgIpc) is 1.55. The van der Waals surface area contributed by atoms with Gasteiger partial charge in [0, 0.05) is 53.7 Å². The molecule has 436 valence electrons. The number of halogens is 2. The van der Waals surface area contributed by atoms with Crippen molar-refractivity contribution in [1.29, 1.82) is 15.8 Å². The van der Waals surface area contributed by atoms with Gasteiger partial charge in [-0.05, 0) is 156 Å². The summed E-state index contributed by atoms with van der Waals surface area (Å²) < 4.78 is 8.23. The number of esters is 1. The lowest BCUT2D eigenvalue weighted by Gasteiger charge is -2.42. The zero-order chi connectivity index (χ0) is 62.4. The molecule has 17 nitrogen and oxygen atoms in total. The van der Waals surface area contributed by atoms with Crippen LogP contribution in [0.2, 0.25) is 10.0 Å². The largest absolute Gasteiger partial charge is 0.462 e. The summed E-state index contributed by atoms with van der Waals surface area (Å²) in [5.41, 5.74) is 15.3. The standard InChI is InChI=1S/C37H36N6O2.C31H26Cl2N8O/c1-7-42(33-17-13-12-14-24(33)3)30-18-19-32(25(4)22-30)39-40-36-31(23-38)34(28-15-10-9-11-16-28)41-43(36)35-26(5)20-29(21-27(35)6)37(44)45-8-2;1-6-40-27-10-8-7-9-21(27)31(4,5)22-13-26(25(14-28(22)40)36-18(3)42)37-38-30-20(16-35)17(2)39-41(30)29-23(32)11-19(15-34)12-24(29)33/h9-22H,7-8H2,1-6H3;7-14H,6H2,1-5H3,(H,36,42). The van der Waals surface area contributed by atoms with Gasteiger partial charge in [0.05, 0.1) is 56.6 Å². The number of rotatable bonds is 14. The first-order chi connectivity index (χ1) is 41.8. The lowest BCUT2D eigenvalue weighted by atomic mass is 9.73. The molecule has 0 unspecified atom stereocenters. The second kappa shape index (κ2) is 25.9. The number of nitrogens with one attached hydrogen (secondary N) is 1. The predicted molar refractivity (Wildman–Crippen MR) is 342 cm³/mol. The zero-order valence-electron chi connectivity index (χ0n) is 50.1. The average molecular weight is 1190 g/mol. The van der Waals surface area contributed by atoms with Gasteiger partial charge in [-0.2, -0.15) is 26.0 Å². The number of azo groups is 2. The molecule has 3 heterocycles. The minimum absolute atomic E-state index is 0.106. The third-order valence-electron chi connectivity index (χ3n) is 15.0. The molecular formula is C68H62Cl2N14O3. The van der Waals surface area contributed by atoms with Crippen molar-refractivity contribution < 1.29 is 14.3 Å². The SMILES string of the molecule is CCN1c2ccccc2C(C)(C)c2cc(N=Nc3c(C#N)c(C)nn3-c3c(Cl)cc(C#N)cc3Cl)c(NC(C)=O)cc21.CCOC(=O)c1cc(C)c(-n2nc(-c3ccccc3)c(C#N)c2N=Nc2ccc(N(CC)c3ccccc3C)cc2C)c(C)c1. The molecule has 1 N–H and O–H groups in total. The first kappa shape index (κ1) is 61.3. The monoisotopic (exact) mass is 1190 g/mol. The summed E-state index contributed by atoms with van der Waals surface area (Å²) in [5.74, 6) is -0.235. The van der Waals surface area contributed by atoms with Gasteiger partial charge in [0.15, 0.2) is 11.6 Å². The van der Waals surface area contributed by atoms with Crippen LogP contribution in [0.5, 0.6) is 0 Å². The van der Waals surface area contributed by atoms with E-state index in [2.05, 4.69) is 118 Å². The number of anilines is 5. The molecule has 0 fully saturated rings. The Kier molecular flexibility index (Phi) is 18.3. The van der Waals surface area contributed by atoms with Gasteiger partial charge < -0.3 is 19.9 Å². The fourth-order valence-electron chi connectivity index (χ4n) is 10.9. The maximum Gasteiger partial charge on any atom is 0.338 e. The molecule has 0 saturated heterocycles. The molecule has 7 aromatic carbocycles. The molecule has 0 spiro atoms. The lowest BCUT2D eigenvalue weighted by Crippen LogP contribution is -2.33. The number of hydrogen-bond donors (Lipinski definition) is 1. The Hall–Kier alpha value is -10.3. The van der Waals surface area contributed by atoms with Crippen LogP contribution in [0, 0.1) is 68.6 Å². The normalized spacial score (nSPS) is 12.1. The van der Waals surface area contributed by atoms with Crippen LogP contribution in [-0.2, 0) is 14.9 Å². The van der Waals surface area contributed by atoms with Crippen molar-refractivity contribution in [3.63, 3.8) is 0 Å². The van der Waals surface area contributed by atoms with Crippen LogP contribution in [0.3, 0.4) is 0 Å². The Morgan fingerprint density at radius 2 is 1.26 bits per heavy atom. The minimum atomic E-state index is -0.388. The van der Waals surface area contributed by atoms with E-state index in [0.29, 0.717) is 45.4 Å². The molecular weight excluding hydrogens is 1130 g/mol. The second-order valence-corrected chi connectivity index (χ2v) is 22.0. The number of para-hydroxylation sites is 2. The van der Waals surface area contributed by atoms with Gasteiger partial charge in [-0.25, -0.2) is 14.2 Å². The Labute approximate surface area is 516 Å². The molecule has 1 amide bonds. The number of hydrogen-bond acceptors (Lipinski definition) is 14. The summed E-state index contributed by atoms with van der Waals surface area (Å²) in [6.07, 6.45) is 0. The van der Waals surface area contributed by atoms with Crippen LogP contribution in [0.25, 0.3) is 22.6 Å². The molecule has 0 bridgehead atoms. The van der Waals surface area contributed by atoms with Crippen molar-refractivity contribution in [2.45, 2.75) is 81.6 Å². The number of aromatic nitrogens is 4. The molecule has 10 rings (SSSR count). The highest BCUT2D eigenvalue weighted by Gasteiger charge is 2.37. The summed E-state index contributed by atoms with van der Waals surface area (Å²) in [4.78, 5) is 29.2.